The minimum absolute atomic E-state index is 0. The predicted octanol–water partition coefficient (Wildman–Crippen LogP) is 2.37. The minimum Gasteiger partial charge on any atom is -0.469 e. The summed E-state index contributed by atoms with van der Waals surface area (Å²) in [5, 5.41) is 0. The molecule has 1 aliphatic carbocycles. The number of rotatable bonds is 5. The van der Waals surface area contributed by atoms with E-state index in [9.17, 15) is 23.2 Å². The number of ether oxygens (including phenoxy) is 2. The summed E-state index contributed by atoms with van der Waals surface area (Å²) in [5.74, 6) is -6.60. The molecule has 1 heterocycles. The number of nitrogens with zero attached hydrogens (tertiary/aromatic N) is 1. The molecule has 1 saturated carbocycles. The van der Waals surface area contributed by atoms with Gasteiger partial charge in [0, 0.05) is 37.4 Å². The number of nitrogens with two attached hydrogens (primary N) is 1. The molecule has 3 atom stereocenters. The van der Waals surface area contributed by atoms with E-state index in [4.69, 9.17) is 10.5 Å². The number of alkyl halides is 2. The van der Waals surface area contributed by atoms with Crippen LogP contribution >= 0.6 is 12.4 Å². The van der Waals surface area contributed by atoms with E-state index in [0.717, 1.165) is 7.11 Å². The summed E-state index contributed by atoms with van der Waals surface area (Å²) < 4.78 is 37.5. The molecule has 7 nitrogen and oxygen atoms in total. The van der Waals surface area contributed by atoms with Gasteiger partial charge in [0.15, 0.2) is 5.78 Å². The van der Waals surface area contributed by atoms with Crippen LogP contribution < -0.4 is 5.73 Å². The number of hydrogen-bond acceptors (Lipinski definition) is 6. The maximum atomic E-state index is 13.8. The smallest absolute Gasteiger partial charge is 0.309 e. The van der Waals surface area contributed by atoms with Crippen molar-refractivity contribution in [2.24, 2.45) is 17.6 Å². The van der Waals surface area contributed by atoms with Gasteiger partial charge in [0.05, 0.1) is 32.3 Å². The molecule has 0 radical (unpaired) electrons. The largest absolute Gasteiger partial charge is 0.469 e. The standard InChI is InChI=1S/C21H26F2N2O5.ClH/c1-29-20(28)16-12-21(22,23)7-6-15(16)18(26)17(24)13-2-4-14(5-3-13)19(27)25-8-10-30-11-9-25;/h2-5,15-17H,6-12,24H2,1H3;1H. The Kier molecular flexibility index (Phi) is 8.50. The van der Waals surface area contributed by atoms with Crippen LogP contribution in [-0.2, 0) is 19.1 Å². The van der Waals surface area contributed by atoms with Crippen LogP contribution in [0.4, 0.5) is 8.78 Å². The average molecular weight is 461 g/mol. The summed E-state index contributed by atoms with van der Waals surface area (Å²) in [6.45, 7) is 2.01. The zero-order chi connectivity index (χ0) is 21.9. The quantitative estimate of drug-likeness (QED) is 0.677. The molecule has 1 saturated heterocycles. The van der Waals surface area contributed by atoms with Crippen molar-refractivity contribution in [3.8, 4) is 0 Å². The Morgan fingerprint density at radius 3 is 2.35 bits per heavy atom. The fourth-order valence-corrected chi connectivity index (χ4v) is 4.05. The van der Waals surface area contributed by atoms with Gasteiger partial charge in [-0.05, 0) is 24.1 Å². The molecule has 3 rings (SSSR count). The lowest BCUT2D eigenvalue weighted by Crippen LogP contribution is -2.43. The zero-order valence-electron chi connectivity index (χ0n) is 17.2. The van der Waals surface area contributed by atoms with Gasteiger partial charge in [-0.3, -0.25) is 14.4 Å². The van der Waals surface area contributed by atoms with Crippen LogP contribution in [0.2, 0.25) is 0 Å². The van der Waals surface area contributed by atoms with Gasteiger partial charge >= 0.3 is 5.97 Å². The van der Waals surface area contributed by atoms with E-state index in [0.29, 0.717) is 37.4 Å². The number of Topliss-reactive ketones (excluding diaryl/α,β-unsaturated/α-hetero) is 1. The first-order chi connectivity index (χ1) is 14.2. The summed E-state index contributed by atoms with van der Waals surface area (Å²) in [4.78, 5) is 39.1. The van der Waals surface area contributed by atoms with E-state index in [-0.39, 0.29) is 24.7 Å². The van der Waals surface area contributed by atoms with Gasteiger partial charge in [-0.1, -0.05) is 12.1 Å². The number of morpholine rings is 1. The van der Waals surface area contributed by atoms with Crippen LogP contribution in [0.15, 0.2) is 24.3 Å². The number of halogens is 3. The van der Waals surface area contributed by atoms with E-state index in [1.54, 1.807) is 29.2 Å². The molecule has 0 spiro atoms. The topological polar surface area (TPSA) is 98.9 Å². The second-order valence-corrected chi connectivity index (χ2v) is 7.74. The van der Waals surface area contributed by atoms with Crippen molar-refractivity contribution < 1.29 is 32.6 Å². The van der Waals surface area contributed by atoms with E-state index in [2.05, 4.69) is 4.74 Å². The number of ketones is 1. The van der Waals surface area contributed by atoms with Crippen molar-refractivity contribution in [3.05, 3.63) is 35.4 Å². The van der Waals surface area contributed by atoms with Gasteiger partial charge in [-0.15, -0.1) is 12.4 Å². The predicted molar refractivity (Wildman–Crippen MR) is 110 cm³/mol. The van der Waals surface area contributed by atoms with Crippen LogP contribution in [0.25, 0.3) is 0 Å². The van der Waals surface area contributed by atoms with Gasteiger partial charge in [0.1, 0.15) is 0 Å². The maximum Gasteiger partial charge on any atom is 0.309 e. The molecule has 2 N–H and O–H groups in total. The number of hydrogen-bond donors (Lipinski definition) is 1. The molecule has 0 bridgehead atoms. The molecule has 31 heavy (non-hydrogen) atoms. The first kappa shape index (κ1) is 25.2. The van der Waals surface area contributed by atoms with Gasteiger partial charge in [0.2, 0.25) is 5.92 Å². The number of methoxy groups -OCH3 is 1. The molecular formula is C21H27ClF2N2O5. The lowest BCUT2D eigenvalue weighted by Gasteiger charge is -2.34. The third kappa shape index (κ3) is 5.78. The van der Waals surface area contributed by atoms with E-state index >= 15 is 0 Å². The Morgan fingerprint density at radius 1 is 1.16 bits per heavy atom. The highest BCUT2D eigenvalue weighted by Gasteiger charge is 2.48. The molecular weight excluding hydrogens is 434 g/mol. The van der Waals surface area contributed by atoms with Crippen LogP contribution in [0.3, 0.4) is 0 Å². The highest BCUT2D eigenvalue weighted by Crippen LogP contribution is 2.42. The second-order valence-electron chi connectivity index (χ2n) is 7.74. The summed E-state index contributed by atoms with van der Waals surface area (Å²) in [6, 6.07) is 5.27. The first-order valence-electron chi connectivity index (χ1n) is 9.95. The van der Waals surface area contributed by atoms with Crippen LogP contribution in [0.5, 0.6) is 0 Å². The lowest BCUT2D eigenvalue weighted by molar-refractivity contribution is -0.160. The average Bonchev–Trinajstić information content (AvgIpc) is 2.77. The third-order valence-corrected chi connectivity index (χ3v) is 5.82. The number of esters is 1. The molecule has 172 valence electrons. The fourth-order valence-electron chi connectivity index (χ4n) is 4.05. The number of benzene rings is 1. The normalized spacial score (nSPS) is 23.9. The molecule has 1 amide bonds. The summed E-state index contributed by atoms with van der Waals surface area (Å²) in [7, 11) is 1.11. The van der Waals surface area contributed by atoms with Gasteiger partial charge in [-0.25, -0.2) is 8.78 Å². The number of carbonyl (C=O) groups excluding carboxylic acids is 3. The minimum atomic E-state index is -3.01. The molecule has 3 unspecified atom stereocenters. The second kappa shape index (κ2) is 10.5. The number of carbonyl (C=O) groups is 3. The van der Waals surface area contributed by atoms with Gasteiger partial charge < -0.3 is 20.1 Å². The molecule has 1 aromatic rings. The van der Waals surface area contributed by atoms with Crippen molar-refractivity contribution in [1.82, 2.24) is 4.90 Å². The number of amides is 1. The molecule has 10 heteroatoms. The first-order valence-corrected chi connectivity index (χ1v) is 9.95. The van der Waals surface area contributed by atoms with E-state index in [1.807, 2.05) is 0 Å². The van der Waals surface area contributed by atoms with Crippen LogP contribution in [-0.4, -0.2) is 61.9 Å². The Balaban J connectivity index is 0.00000341. The Morgan fingerprint density at radius 2 is 1.77 bits per heavy atom. The van der Waals surface area contributed by atoms with E-state index < -0.39 is 48.4 Å². The molecule has 2 fully saturated rings. The fraction of sp³-hybridized carbons (Fsp3) is 0.571. The highest BCUT2D eigenvalue weighted by atomic mass is 35.5. The third-order valence-electron chi connectivity index (χ3n) is 5.82. The van der Waals surface area contributed by atoms with Crippen LogP contribution in [0.1, 0.15) is 41.2 Å². The van der Waals surface area contributed by atoms with Crippen molar-refractivity contribution in [2.75, 3.05) is 33.4 Å². The zero-order valence-corrected chi connectivity index (χ0v) is 18.0. The summed E-state index contributed by atoms with van der Waals surface area (Å²) in [6.07, 6.45) is -1.33. The SMILES string of the molecule is COC(=O)C1CC(F)(F)CCC1C(=O)C(N)c1ccc(C(=O)N2CCOCC2)cc1.Cl. The lowest BCUT2D eigenvalue weighted by atomic mass is 9.73. The monoisotopic (exact) mass is 460 g/mol. The Labute approximate surface area is 185 Å². The molecule has 1 aliphatic heterocycles. The highest BCUT2D eigenvalue weighted by molar-refractivity contribution is 5.95. The summed E-state index contributed by atoms with van der Waals surface area (Å²) in [5.41, 5.74) is 7.03. The van der Waals surface area contributed by atoms with Crippen LogP contribution in [0, 0.1) is 11.8 Å². The maximum absolute atomic E-state index is 13.8. The Bertz CT molecular complexity index is 799. The van der Waals surface area contributed by atoms with Crippen molar-refractivity contribution in [1.29, 1.82) is 0 Å². The van der Waals surface area contributed by atoms with Gasteiger partial charge in [-0.2, -0.15) is 0 Å². The van der Waals surface area contributed by atoms with E-state index in [1.165, 1.54) is 0 Å². The summed E-state index contributed by atoms with van der Waals surface area (Å²) >= 11 is 0. The van der Waals surface area contributed by atoms with Crippen molar-refractivity contribution >= 4 is 30.1 Å². The van der Waals surface area contributed by atoms with Crippen molar-refractivity contribution in [2.45, 2.75) is 31.2 Å². The van der Waals surface area contributed by atoms with Crippen molar-refractivity contribution in [3.63, 3.8) is 0 Å². The Hall–Kier alpha value is -2.10. The molecule has 1 aromatic carbocycles. The van der Waals surface area contributed by atoms with Gasteiger partial charge in [0.25, 0.3) is 5.91 Å². The molecule has 0 aromatic heterocycles. The molecule has 2 aliphatic rings.